The average Bonchev–Trinajstić information content (AvgIpc) is 2.74. The lowest BCUT2D eigenvalue weighted by Crippen LogP contribution is -2.25. The highest BCUT2D eigenvalue weighted by Crippen LogP contribution is 2.11. The zero-order valence-electron chi connectivity index (χ0n) is 15.7. The van der Waals surface area contributed by atoms with Crippen LogP contribution in [0, 0.1) is 0 Å². The van der Waals surface area contributed by atoms with Gasteiger partial charge in [0.25, 0.3) is 5.91 Å². The van der Waals surface area contributed by atoms with Gasteiger partial charge in [0, 0.05) is 44.8 Å². The minimum atomic E-state index is -0.155. The summed E-state index contributed by atoms with van der Waals surface area (Å²) in [6, 6.07) is 15.5. The molecular formula is C22H23N5O. The van der Waals surface area contributed by atoms with Gasteiger partial charge in [-0.15, -0.1) is 6.58 Å². The van der Waals surface area contributed by atoms with Crippen molar-refractivity contribution in [1.29, 1.82) is 0 Å². The van der Waals surface area contributed by atoms with E-state index in [9.17, 15) is 4.79 Å². The molecule has 3 aromatic rings. The summed E-state index contributed by atoms with van der Waals surface area (Å²) in [6.07, 6.45) is 6.84. The highest BCUT2D eigenvalue weighted by atomic mass is 16.1. The fourth-order valence-electron chi connectivity index (χ4n) is 2.76. The molecule has 3 rings (SSSR count). The summed E-state index contributed by atoms with van der Waals surface area (Å²) in [5, 5.41) is 2.75. The van der Waals surface area contributed by atoms with Crippen molar-refractivity contribution >= 4 is 5.91 Å². The van der Waals surface area contributed by atoms with E-state index in [4.69, 9.17) is 0 Å². The first kappa shape index (κ1) is 19.4. The monoisotopic (exact) mass is 373 g/mol. The van der Waals surface area contributed by atoms with Gasteiger partial charge in [0.05, 0.1) is 22.6 Å². The second kappa shape index (κ2) is 10.1. The van der Waals surface area contributed by atoms with Crippen LogP contribution in [-0.4, -0.2) is 32.3 Å². The van der Waals surface area contributed by atoms with Crippen molar-refractivity contribution in [2.75, 3.05) is 6.54 Å². The number of amides is 1. The van der Waals surface area contributed by atoms with Crippen molar-refractivity contribution < 1.29 is 4.79 Å². The highest BCUT2D eigenvalue weighted by molar-refractivity contribution is 5.93. The van der Waals surface area contributed by atoms with Crippen molar-refractivity contribution in [3.8, 4) is 0 Å². The second-order valence-corrected chi connectivity index (χ2v) is 6.32. The summed E-state index contributed by atoms with van der Waals surface area (Å²) in [4.78, 5) is 27.5. The third-order valence-corrected chi connectivity index (χ3v) is 4.10. The zero-order valence-corrected chi connectivity index (χ0v) is 15.7. The number of rotatable bonds is 9. The number of carbonyl (C=O) groups excluding carboxylic acids is 1. The average molecular weight is 373 g/mol. The Morgan fingerprint density at radius 2 is 1.50 bits per heavy atom. The summed E-state index contributed by atoms with van der Waals surface area (Å²) in [6.45, 7) is 6.02. The molecule has 1 amide bonds. The van der Waals surface area contributed by atoms with Crippen LogP contribution in [0.1, 0.15) is 27.4 Å². The van der Waals surface area contributed by atoms with Crippen LogP contribution in [0.2, 0.25) is 0 Å². The van der Waals surface area contributed by atoms with E-state index in [1.165, 1.54) is 0 Å². The Kier molecular flexibility index (Phi) is 6.98. The molecule has 142 valence electrons. The molecule has 0 aliphatic heterocycles. The number of carbonyl (C=O) groups is 1. The molecule has 0 aliphatic carbocycles. The Morgan fingerprint density at radius 3 is 1.96 bits per heavy atom. The lowest BCUT2D eigenvalue weighted by molar-refractivity contribution is 0.0957. The highest BCUT2D eigenvalue weighted by Gasteiger charge is 2.12. The second-order valence-electron chi connectivity index (χ2n) is 6.32. The van der Waals surface area contributed by atoms with Crippen LogP contribution >= 0.6 is 0 Å². The van der Waals surface area contributed by atoms with Gasteiger partial charge < -0.3 is 5.32 Å². The maximum Gasteiger partial charge on any atom is 0.253 e. The molecule has 28 heavy (non-hydrogen) atoms. The van der Waals surface area contributed by atoms with Gasteiger partial charge in [-0.2, -0.15) is 0 Å². The molecule has 3 aromatic heterocycles. The number of pyridine rings is 3. The van der Waals surface area contributed by atoms with Gasteiger partial charge in [-0.1, -0.05) is 18.2 Å². The normalized spacial score (nSPS) is 10.6. The van der Waals surface area contributed by atoms with Crippen LogP contribution in [0.3, 0.4) is 0 Å². The van der Waals surface area contributed by atoms with Crippen molar-refractivity contribution in [2.45, 2.75) is 19.6 Å². The molecule has 0 saturated heterocycles. The van der Waals surface area contributed by atoms with Crippen LogP contribution in [-0.2, 0) is 19.6 Å². The third-order valence-electron chi connectivity index (χ3n) is 4.10. The molecule has 3 heterocycles. The predicted molar refractivity (Wildman–Crippen MR) is 108 cm³/mol. The Bertz CT molecular complexity index is 840. The number of aromatic nitrogens is 3. The van der Waals surface area contributed by atoms with Gasteiger partial charge in [-0.05, 0) is 36.4 Å². The van der Waals surface area contributed by atoms with E-state index in [0.29, 0.717) is 31.7 Å². The number of hydrogen-bond acceptors (Lipinski definition) is 5. The lowest BCUT2D eigenvalue weighted by Gasteiger charge is -2.21. The number of nitrogens with zero attached hydrogens (tertiary/aromatic N) is 4. The molecule has 0 bridgehead atoms. The van der Waals surface area contributed by atoms with Crippen LogP contribution in [0.5, 0.6) is 0 Å². The van der Waals surface area contributed by atoms with Crippen molar-refractivity contribution in [2.24, 2.45) is 0 Å². The molecule has 0 saturated carbocycles. The largest absolute Gasteiger partial charge is 0.349 e. The van der Waals surface area contributed by atoms with Crippen LogP contribution < -0.4 is 5.32 Å². The number of nitrogens with one attached hydrogen (secondary N) is 1. The molecule has 0 spiro atoms. The first-order valence-corrected chi connectivity index (χ1v) is 9.11. The summed E-state index contributed by atoms with van der Waals surface area (Å²) in [5.74, 6) is -0.155. The Labute approximate surface area is 165 Å². The fraction of sp³-hybridized carbons (Fsp3) is 0.182. The van der Waals surface area contributed by atoms with Crippen molar-refractivity contribution in [3.05, 3.63) is 102 Å². The van der Waals surface area contributed by atoms with E-state index in [1.807, 2.05) is 42.5 Å². The van der Waals surface area contributed by atoms with Crippen molar-refractivity contribution in [3.63, 3.8) is 0 Å². The van der Waals surface area contributed by atoms with E-state index >= 15 is 0 Å². The van der Waals surface area contributed by atoms with Crippen LogP contribution in [0.4, 0.5) is 0 Å². The van der Waals surface area contributed by atoms with Crippen molar-refractivity contribution in [1.82, 2.24) is 25.2 Å². The van der Waals surface area contributed by atoms with Gasteiger partial charge in [0.15, 0.2) is 0 Å². The van der Waals surface area contributed by atoms with E-state index < -0.39 is 0 Å². The minimum Gasteiger partial charge on any atom is -0.349 e. The first-order chi connectivity index (χ1) is 13.7. The maximum atomic E-state index is 12.0. The Morgan fingerprint density at radius 1 is 0.893 bits per heavy atom. The predicted octanol–water partition coefficient (Wildman–Crippen LogP) is 2.99. The molecule has 0 atom stereocenters. The zero-order chi connectivity index (χ0) is 19.6. The molecule has 6 heteroatoms. The molecular weight excluding hydrogens is 350 g/mol. The molecule has 0 radical (unpaired) electrons. The summed E-state index contributed by atoms with van der Waals surface area (Å²) < 4.78 is 0. The van der Waals surface area contributed by atoms with Gasteiger partial charge in [0.2, 0.25) is 0 Å². The summed E-state index contributed by atoms with van der Waals surface area (Å²) in [7, 11) is 0. The van der Waals surface area contributed by atoms with Gasteiger partial charge in [-0.25, -0.2) is 0 Å². The molecule has 0 aromatic carbocycles. The van der Waals surface area contributed by atoms with Gasteiger partial charge in [-0.3, -0.25) is 24.6 Å². The van der Waals surface area contributed by atoms with Crippen LogP contribution in [0.25, 0.3) is 0 Å². The summed E-state index contributed by atoms with van der Waals surface area (Å²) >= 11 is 0. The molecule has 0 aliphatic rings. The molecule has 0 unspecified atom stereocenters. The van der Waals surface area contributed by atoms with Gasteiger partial charge in [0.1, 0.15) is 0 Å². The van der Waals surface area contributed by atoms with E-state index in [-0.39, 0.29) is 5.91 Å². The SMILES string of the molecule is C=CCNC(=O)c1ccc(CN(Cc2ccccn2)Cc2ccccn2)nc1. The quantitative estimate of drug-likeness (QED) is 0.584. The van der Waals surface area contributed by atoms with Crippen LogP contribution in [0.15, 0.2) is 79.8 Å². The third kappa shape index (κ3) is 5.82. The Balaban J connectivity index is 1.71. The standard InChI is InChI=1S/C22H23N5O/c1-2-11-25-22(28)18-9-10-21(26-14-18)17-27(15-19-7-3-5-12-23-19)16-20-8-4-6-13-24-20/h2-10,12-14H,1,11,15-17H2,(H,25,28). The molecule has 6 nitrogen and oxygen atoms in total. The minimum absolute atomic E-state index is 0.155. The van der Waals surface area contributed by atoms with E-state index in [0.717, 1.165) is 17.1 Å². The summed E-state index contributed by atoms with van der Waals surface area (Å²) in [5.41, 5.74) is 3.39. The smallest absolute Gasteiger partial charge is 0.253 e. The van der Waals surface area contributed by atoms with E-state index in [1.54, 1.807) is 30.7 Å². The first-order valence-electron chi connectivity index (χ1n) is 9.11. The lowest BCUT2D eigenvalue weighted by atomic mass is 10.2. The van der Waals surface area contributed by atoms with E-state index in [2.05, 4.69) is 31.7 Å². The number of hydrogen-bond donors (Lipinski definition) is 1. The fourth-order valence-corrected chi connectivity index (χ4v) is 2.76. The molecule has 0 fully saturated rings. The maximum absolute atomic E-state index is 12.0. The van der Waals surface area contributed by atoms with Gasteiger partial charge >= 0.3 is 0 Å². The topological polar surface area (TPSA) is 71.0 Å². The molecule has 1 N–H and O–H groups in total. The Hall–Kier alpha value is -3.38.